The predicted octanol–water partition coefficient (Wildman–Crippen LogP) is 2.02. The Hall–Kier alpha value is -3.39. The lowest BCUT2D eigenvalue weighted by Gasteiger charge is -2.28. The number of morpholine rings is 1. The number of carbonyl (C=O) groups excluding carboxylic acids is 3. The van der Waals surface area contributed by atoms with Crippen LogP contribution in [-0.2, 0) is 14.3 Å². The van der Waals surface area contributed by atoms with Gasteiger partial charge in [0.25, 0.3) is 5.91 Å². The van der Waals surface area contributed by atoms with Crippen molar-refractivity contribution in [1.82, 2.24) is 5.32 Å². The minimum Gasteiger partial charge on any atom is -0.378 e. The quantitative estimate of drug-likeness (QED) is 0.743. The molecule has 2 heterocycles. The van der Waals surface area contributed by atoms with E-state index in [1.54, 1.807) is 29.2 Å². The maximum atomic E-state index is 12.3. The van der Waals surface area contributed by atoms with E-state index in [0.717, 1.165) is 44.1 Å². The Morgan fingerprint density at radius 1 is 0.903 bits per heavy atom. The zero-order chi connectivity index (χ0) is 21.6. The Kier molecular flexibility index (Phi) is 6.47. The number of benzene rings is 2. The molecule has 2 saturated heterocycles. The van der Waals surface area contributed by atoms with E-state index in [-0.39, 0.29) is 24.3 Å². The Morgan fingerprint density at radius 2 is 1.58 bits per heavy atom. The van der Waals surface area contributed by atoms with Crippen molar-refractivity contribution in [2.45, 2.75) is 12.8 Å². The normalized spacial score (nSPS) is 16.3. The van der Waals surface area contributed by atoms with Crippen LogP contribution in [0.5, 0.6) is 0 Å². The summed E-state index contributed by atoms with van der Waals surface area (Å²) in [5, 5.41) is 5.42. The van der Waals surface area contributed by atoms with Crippen LogP contribution in [0.1, 0.15) is 23.2 Å². The lowest BCUT2D eigenvalue weighted by molar-refractivity contribution is -0.117. The number of nitrogens with one attached hydrogen (secondary N) is 2. The van der Waals surface area contributed by atoms with Gasteiger partial charge in [-0.1, -0.05) is 0 Å². The molecule has 0 radical (unpaired) electrons. The molecule has 0 saturated carbocycles. The van der Waals surface area contributed by atoms with Gasteiger partial charge in [0.05, 0.1) is 19.8 Å². The van der Waals surface area contributed by atoms with E-state index in [2.05, 4.69) is 15.5 Å². The van der Waals surface area contributed by atoms with Crippen LogP contribution < -0.4 is 20.4 Å². The van der Waals surface area contributed by atoms with Crippen molar-refractivity contribution in [3.8, 4) is 0 Å². The Morgan fingerprint density at radius 3 is 2.23 bits per heavy atom. The SMILES string of the molecule is O=C(CNC(=O)c1ccc(N2CCCC2=O)cc1)Nc1ccc(N2CCOCC2)cc1. The van der Waals surface area contributed by atoms with E-state index in [9.17, 15) is 14.4 Å². The van der Waals surface area contributed by atoms with E-state index in [1.807, 2.05) is 24.3 Å². The van der Waals surface area contributed by atoms with Gasteiger partial charge in [-0.25, -0.2) is 0 Å². The third-order valence-corrected chi connectivity index (χ3v) is 5.45. The first kappa shape index (κ1) is 20.9. The van der Waals surface area contributed by atoms with E-state index in [0.29, 0.717) is 24.2 Å². The number of hydrogen-bond donors (Lipinski definition) is 2. The molecule has 8 heteroatoms. The minimum absolute atomic E-state index is 0.104. The van der Waals surface area contributed by atoms with Crippen LogP contribution in [0, 0.1) is 0 Å². The molecule has 8 nitrogen and oxygen atoms in total. The van der Waals surface area contributed by atoms with Crippen molar-refractivity contribution in [2.24, 2.45) is 0 Å². The average molecular weight is 422 g/mol. The Bertz CT molecular complexity index is 937. The van der Waals surface area contributed by atoms with Gasteiger partial charge in [0.1, 0.15) is 0 Å². The van der Waals surface area contributed by atoms with E-state index >= 15 is 0 Å². The molecule has 0 unspecified atom stereocenters. The molecule has 3 amide bonds. The monoisotopic (exact) mass is 422 g/mol. The average Bonchev–Trinajstić information content (AvgIpc) is 3.24. The van der Waals surface area contributed by atoms with Gasteiger partial charge in [0.15, 0.2) is 0 Å². The molecule has 0 spiro atoms. The first-order valence-corrected chi connectivity index (χ1v) is 10.5. The lowest BCUT2D eigenvalue weighted by Crippen LogP contribution is -2.36. The molecule has 2 aromatic rings. The van der Waals surface area contributed by atoms with Gasteiger partial charge in [-0.15, -0.1) is 0 Å². The van der Waals surface area contributed by atoms with Crippen molar-refractivity contribution in [3.05, 3.63) is 54.1 Å². The van der Waals surface area contributed by atoms with Crippen LogP contribution in [0.15, 0.2) is 48.5 Å². The molecule has 2 N–H and O–H groups in total. The molecule has 2 aliphatic heterocycles. The Balaban J connectivity index is 1.25. The Labute approximate surface area is 181 Å². The van der Waals surface area contributed by atoms with Crippen molar-refractivity contribution < 1.29 is 19.1 Å². The van der Waals surface area contributed by atoms with Crippen LogP contribution in [0.3, 0.4) is 0 Å². The smallest absolute Gasteiger partial charge is 0.251 e. The number of nitrogens with zero attached hydrogens (tertiary/aromatic N) is 2. The maximum absolute atomic E-state index is 12.3. The highest BCUT2D eigenvalue weighted by Gasteiger charge is 2.21. The van der Waals surface area contributed by atoms with Crippen molar-refractivity contribution in [2.75, 3.05) is 54.5 Å². The first-order chi connectivity index (χ1) is 15.1. The maximum Gasteiger partial charge on any atom is 0.251 e. The van der Waals surface area contributed by atoms with Crippen molar-refractivity contribution in [1.29, 1.82) is 0 Å². The third-order valence-electron chi connectivity index (χ3n) is 5.45. The fraction of sp³-hybridized carbons (Fsp3) is 0.348. The van der Waals surface area contributed by atoms with Crippen LogP contribution in [0.4, 0.5) is 17.1 Å². The molecule has 162 valence electrons. The summed E-state index contributed by atoms with van der Waals surface area (Å²) < 4.78 is 5.36. The third kappa shape index (κ3) is 5.21. The number of amides is 3. The highest BCUT2D eigenvalue weighted by molar-refractivity contribution is 6.00. The highest BCUT2D eigenvalue weighted by Crippen LogP contribution is 2.22. The highest BCUT2D eigenvalue weighted by atomic mass is 16.5. The van der Waals surface area contributed by atoms with E-state index < -0.39 is 0 Å². The van der Waals surface area contributed by atoms with Gasteiger partial charge in [-0.3, -0.25) is 14.4 Å². The second kappa shape index (κ2) is 9.61. The largest absolute Gasteiger partial charge is 0.378 e. The fourth-order valence-corrected chi connectivity index (χ4v) is 3.76. The summed E-state index contributed by atoms with van der Waals surface area (Å²) in [6.45, 7) is 3.73. The molecular weight excluding hydrogens is 396 g/mol. The second-order valence-corrected chi connectivity index (χ2v) is 7.57. The van der Waals surface area contributed by atoms with Crippen molar-refractivity contribution >= 4 is 34.8 Å². The molecule has 0 aliphatic carbocycles. The number of ether oxygens (including phenoxy) is 1. The minimum atomic E-state index is -0.336. The van der Waals surface area contributed by atoms with Gasteiger partial charge in [-0.05, 0) is 55.0 Å². The summed E-state index contributed by atoms with van der Waals surface area (Å²) in [6.07, 6.45) is 1.42. The van der Waals surface area contributed by atoms with Crippen molar-refractivity contribution in [3.63, 3.8) is 0 Å². The van der Waals surface area contributed by atoms with Crippen LogP contribution in [0.2, 0.25) is 0 Å². The topological polar surface area (TPSA) is 91.0 Å². The lowest BCUT2D eigenvalue weighted by atomic mass is 10.2. The van der Waals surface area contributed by atoms with Crippen LogP contribution in [-0.4, -0.2) is 57.1 Å². The molecule has 31 heavy (non-hydrogen) atoms. The number of rotatable bonds is 6. The van der Waals surface area contributed by atoms with Crippen LogP contribution in [0.25, 0.3) is 0 Å². The summed E-state index contributed by atoms with van der Waals surface area (Å²) in [7, 11) is 0. The van der Waals surface area contributed by atoms with Gasteiger partial charge in [-0.2, -0.15) is 0 Å². The van der Waals surface area contributed by atoms with Crippen LogP contribution >= 0.6 is 0 Å². The summed E-state index contributed by atoms with van der Waals surface area (Å²) in [4.78, 5) is 40.3. The summed E-state index contributed by atoms with van der Waals surface area (Å²) in [6, 6.07) is 14.5. The summed E-state index contributed by atoms with van der Waals surface area (Å²) in [5.41, 5.74) is 3.00. The standard InChI is InChI=1S/C23H26N4O4/c28-21(25-18-5-9-19(10-6-18)26-12-14-31-15-13-26)16-24-23(30)17-3-7-20(8-4-17)27-11-1-2-22(27)29/h3-10H,1-2,11-16H2,(H,24,30)(H,25,28). The van der Waals surface area contributed by atoms with Gasteiger partial charge in [0, 0.05) is 48.7 Å². The van der Waals surface area contributed by atoms with E-state index in [1.165, 1.54) is 0 Å². The zero-order valence-corrected chi connectivity index (χ0v) is 17.3. The molecule has 0 aromatic heterocycles. The fourth-order valence-electron chi connectivity index (χ4n) is 3.76. The molecule has 2 fully saturated rings. The zero-order valence-electron chi connectivity index (χ0n) is 17.3. The molecule has 2 aliphatic rings. The van der Waals surface area contributed by atoms with E-state index in [4.69, 9.17) is 4.74 Å². The number of carbonyl (C=O) groups is 3. The summed E-state index contributed by atoms with van der Waals surface area (Å²) >= 11 is 0. The molecule has 0 atom stereocenters. The molecule has 2 aromatic carbocycles. The number of anilines is 3. The second-order valence-electron chi connectivity index (χ2n) is 7.57. The first-order valence-electron chi connectivity index (χ1n) is 10.5. The number of hydrogen-bond acceptors (Lipinski definition) is 5. The predicted molar refractivity (Wildman–Crippen MR) is 118 cm³/mol. The molecular formula is C23H26N4O4. The molecule has 0 bridgehead atoms. The van der Waals surface area contributed by atoms with Gasteiger partial charge in [0.2, 0.25) is 11.8 Å². The summed E-state index contributed by atoms with van der Waals surface area (Å²) in [5.74, 6) is -0.532. The van der Waals surface area contributed by atoms with Gasteiger partial charge >= 0.3 is 0 Å². The van der Waals surface area contributed by atoms with Gasteiger partial charge < -0.3 is 25.2 Å². The molecule has 4 rings (SSSR count).